The lowest BCUT2D eigenvalue weighted by molar-refractivity contribution is 0.365. The summed E-state index contributed by atoms with van der Waals surface area (Å²) in [6, 6.07) is 3.20. The number of rotatable bonds is 5. The van der Waals surface area contributed by atoms with Crippen LogP contribution in [0.4, 0.5) is 4.39 Å². The molecule has 0 bridgehead atoms. The van der Waals surface area contributed by atoms with Crippen LogP contribution in [0.15, 0.2) is 27.6 Å². The quantitative estimate of drug-likeness (QED) is 0.843. The van der Waals surface area contributed by atoms with E-state index in [9.17, 15) is 12.8 Å². The number of sulfonamides is 1. The van der Waals surface area contributed by atoms with Crippen LogP contribution in [-0.2, 0) is 16.6 Å². The van der Waals surface area contributed by atoms with Crippen molar-refractivity contribution in [2.75, 3.05) is 11.5 Å². The highest BCUT2D eigenvalue weighted by Gasteiger charge is 2.22. The van der Waals surface area contributed by atoms with E-state index in [1.807, 2.05) is 11.8 Å². The number of aromatic nitrogens is 2. The van der Waals surface area contributed by atoms with Gasteiger partial charge in [-0.15, -0.1) is 0 Å². The number of benzene rings is 1. The topological polar surface area (TPSA) is 85.1 Å². The molecule has 0 amide bonds. The van der Waals surface area contributed by atoms with E-state index in [1.165, 1.54) is 0 Å². The smallest absolute Gasteiger partial charge is 0.241 e. The third-order valence-electron chi connectivity index (χ3n) is 3.69. The number of nitrogens with one attached hydrogen (secondary N) is 1. The van der Waals surface area contributed by atoms with Crippen molar-refractivity contribution in [3.05, 3.63) is 40.8 Å². The van der Waals surface area contributed by atoms with Gasteiger partial charge in [-0.05, 0) is 42.5 Å². The number of hydrogen-bond acceptors (Lipinski definition) is 6. The first-order valence-corrected chi connectivity index (χ1v) is 10.3. The van der Waals surface area contributed by atoms with Gasteiger partial charge in [0.05, 0.1) is 16.5 Å². The lowest BCUT2D eigenvalue weighted by Gasteiger charge is -2.17. The molecule has 1 aromatic heterocycles. The van der Waals surface area contributed by atoms with Gasteiger partial charge in [0.2, 0.25) is 15.9 Å². The highest BCUT2D eigenvalue weighted by Crippen LogP contribution is 2.29. The summed E-state index contributed by atoms with van der Waals surface area (Å²) in [5.74, 6) is 2.52. The van der Waals surface area contributed by atoms with Crippen molar-refractivity contribution < 1.29 is 17.3 Å². The zero-order chi connectivity index (χ0) is 17.2. The maximum absolute atomic E-state index is 13.1. The molecule has 1 aliphatic heterocycles. The van der Waals surface area contributed by atoms with Crippen molar-refractivity contribution in [1.82, 2.24) is 14.9 Å². The number of nitrogens with zero attached hydrogens (tertiary/aromatic N) is 2. The van der Waals surface area contributed by atoms with E-state index in [0.29, 0.717) is 5.82 Å². The SMILES string of the molecule is O=S(=O)(NCc1nc(C2CCSCC2)no1)c1ccc(F)c(Cl)c1. The molecule has 1 saturated heterocycles. The molecule has 0 unspecified atom stereocenters. The number of thioether (sulfide) groups is 1. The van der Waals surface area contributed by atoms with Gasteiger partial charge >= 0.3 is 0 Å². The Kier molecular flexibility index (Phi) is 5.43. The first-order chi connectivity index (χ1) is 11.5. The third-order valence-corrected chi connectivity index (χ3v) is 6.42. The van der Waals surface area contributed by atoms with Gasteiger partial charge in [0.15, 0.2) is 5.82 Å². The Hall–Kier alpha value is -1.16. The van der Waals surface area contributed by atoms with Gasteiger partial charge < -0.3 is 4.52 Å². The first kappa shape index (κ1) is 17.7. The minimum absolute atomic E-state index is 0.127. The fourth-order valence-corrected chi connectivity index (χ4v) is 4.70. The van der Waals surface area contributed by atoms with E-state index in [4.69, 9.17) is 16.1 Å². The van der Waals surface area contributed by atoms with Crippen molar-refractivity contribution in [2.45, 2.75) is 30.2 Å². The van der Waals surface area contributed by atoms with E-state index in [1.54, 1.807) is 0 Å². The predicted octanol–water partition coefficient (Wildman–Crippen LogP) is 2.95. The van der Waals surface area contributed by atoms with E-state index in [0.717, 1.165) is 42.5 Å². The standard InChI is InChI=1S/C14H15ClFN3O3S2/c15-11-7-10(1-2-12(11)16)24(20,21)17-8-13-18-14(19-22-13)9-3-5-23-6-4-9/h1-2,7,9,17H,3-6,8H2. The van der Waals surface area contributed by atoms with Crippen LogP contribution in [0.25, 0.3) is 0 Å². The second-order valence-corrected chi connectivity index (χ2v) is 8.73. The second-order valence-electron chi connectivity index (χ2n) is 5.33. The monoisotopic (exact) mass is 391 g/mol. The molecule has 1 fully saturated rings. The highest BCUT2D eigenvalue weighted by atomic mass is 35.5. The summed E-state index contributed by atoms with van der Waals surface area (Å²) in [5, 5.41) is 3.68. The molecule has 1 aromatic carbocycles. The van der Waals surface area contributed by atoms with Crippen molar-refractivity contribution in [3.8, 4) is 0 Å². The molecule has 1 aliphatic rings. The Morgan fingerprint density at radius 3 is 2.83 bits per heavy atom. The van der Waals surface area contributed by atoms with Gasteiger partial charge in [-0.1, -0.05) is 16.8 Å². The Morgan fingerprint density at radius 1 is 1.38 bits per heavy atom. The van der Waals surface area contributed by atoms with Crippen LogP contribution in [0.1, 0.15) is 30.5 Å². The molecule has 0 aliphatic carbocycles. The molecule has 24 heavy (non-hydrogen) atoms. The van der Waals surface area contributed by atoms with E-state index >= 15 is 0 Å². The maximum Gasteiger partial charge on any atom is 0.241 e. The van der Waals surface area contributed by atoms with E-state index in [2.05, 4.69) is 14.9 Å². The van der Waals surface area contributed by atoms with Crippen LogP contribution in [0.2, 0.25) is 5.02 Å². The summed E-state index contributed by atoms with van der Waals surface area (Å²) < 4.78 is 45.0. The van der Waals surface area contributed by atoms with Gasteiger partial charge in [-0.2, -0.15) is 16.7 Å². The molecule has 0 saturated carbocycles. The molecule has 6 nitrogen and oxygen atoms in total. The zero-order valence-electron chi connectivity index (χ0n) is 12.5. The van der Waals surface area contributed by atoms with Gasteiger partial charge in [-0.25, -0.2) is 17.5 Å². The minimum atomic E-state index is -3.85. The fourth-order valence-electron chi connectivity index (χ4n) is 2.35. The van der Waals surface area contributed by atoms with Gasteiger partial charge in [0, 0.05) is 5.92 Å². The van der Waals surface area contributed by atoms with Gasteiger partial charge in [0.1, 0.15) is 5.82 Å². The van der Waals surface area contributed by atoms with Crippen LogP contribution in [0.5, 0.6) is 0 Å². The van der Waals surface area contributed by atoms with Crippen LogP contribution >= 0.6 is 23.4 Å². The van der Waals surface area contributed by atoms with Crippen molar-refractivity contribution >= 4 is 33.4 Å². The highest BCUT2D eigenvalue weighted by molar-refractivity contribution is 7.99. The molecule has 3 rings (SSSR count). The molecule has 0 atom stereocenters. The molecule has 2 heterocycles. The summed E-state index contributed by atoms with van der Waals surface area (Å²) >= 11 is 7.51. The largest absolute Gasteiger partial charge is 0.338 e. The Morgan fingerprint density at radius 2 is 2.12 bits per heavy atom. The maximum atomic E-state index is 13.1. The van der Waals surface area contributed by atoms with E-state index in [-0.39, 0.29) is 28.3 Å². The molecule has 10 heteroatoms. The number of hydrogen-bond donors (Lipinski definition) is 1. The summed E-state index contributed by atoms with van der Waals surface area (Å²) in [6.45, 7) is -0.133. The predicted molar refractivity (Wildman–Crippen MR) is 89.0 cm³/mol. The van der Waals surface area contributed by atoms with Crippen LogP contribution < -0.4 is 4.72 Å². The van der Waals surface area contributed by atoms with Gasteiger partial charge in [-0.3, -0.25) is 0 Å². The number of halogens is 2. The fraction of sp³-hybridized carbons (Fsp3) is 0.429. The Labute approximate surface area is 148 Å². The molecule has 130 valence electrons. The van der Waals surface area contributed by atoms with Crippen LogP contribution in [0.3, 0.4) is 0 Å². The summed E-state index contributed by atoms with van der Waals surface area (Å²) in [5.41, 5.74) is 0. The summed E-state index contributed by atoms with van der Waals surface area (Å²) in [7, 11) is -3.85. The lowest BCUT2D eigenvalue weighted by atomic mass is 10.0. The molecular weight excluding hydrogens is 377 g/mol. The Bertz CT molecular complexity index is 822. The first-order valence-electron chi connectivity index (χ1n) is 7.30. The van der Waals surface area contributed by atoms with Gasteiger partial charge in [0.25, 0.3) is 0 Å². The van der Waals surface area contributed by atoms with Crippen LogP contribution in [0, 0.1) is 5.82 Å². The minimum Gasteiger partial charge on any atom is -0.338 e. The summed E-state index contributed by atoms with van der Waals surface area (Å²) in [4.78, 5) is 4.14. The van der Waals surface area contributed by atoms with E-state index < -0.39 is 15.8 Å². The van der Waals surface area contributed by atoms with Crippen molar-refractivity contribution in [3.63, 3.8) is 0 Å². The van der Waals surface area contributed by atoms with Crippen molar-refractivity contribution in [1.29, 1.82) is 0 Å². The third kappa shape index (κ3) is 4.08. The average molecular weight is 392 g/mol. The van der Waals surface area contributed by atoms with Crippen LogP contribution in [-0.4, -0.2) is 30.1 Å². The molecule has 1 N–H and O–H groups in total. The molecule has 2 aromatic rings. The molecule has 0 spiro atoms. The Balaban J connectivity index is 1.66. The lowest BCUT2D eigenvalue weighted by Crippen LogP contribution is -2.23. The second kappa shape index (κ2) is 7.38. The zero-order valence-corrected chi connectivity index (χ0v) is 14.9. The normalized spacial score (nSPS) is 16.4. The molecular formula is C14H15ClFN3O3S2. The summed E-state index contributed by atoms with van der Waals surface area (Å²) in [6.07, 6.45) is 1.98. The van der Waals surface area contributed by atoms with Crippen molar-refractivity contribution in [2.24, 2.45) is 0 Å². The molecule has 0 radical (unpaired) electrons. The average Bonchev–Trinajstić information content (AvgIpc) is 3.05.